The summed E-state index contributed by atoms with van der Waals surface area (Å²) >= 11 is 0. The minimum atomic E-state index is -1.28. The lowest BCUT2D eigenvalue weighted by Crippen LogP contribution is -2.15. The first kappa shape index (κ1) is 16.4. The van der Waals surface area contributed by atoms with E-state index in [2.05, 4.69) is 0 Å². The van der Waals surface area contributed by atoms with Crippen LogP contribution in [-0.2, 0) is 4.74 Å². The van der Waals surface area contributed by atoms with Gasteiger partial charge in [0, 0.05) is 11.8 Å². The average Bonchev–Trinajstić information content (AvgIpc) is 2.97. The van der Waals surface area contributed by atoms with Crippen molar-refractivity contribution in [1.29, 1.82) is 0 Å². The topological polar surface area (TPSA) is 85.1 Å². The third-order valence-corrected chi connectivity index (χ3v) is 3.79. The first-order chi connectivity index (χ1) is 12.1. The summed E-state index contributed by atoms with van der Waals surface area (Å²) < 4.78 is 6.44. The quantitative estimate of drug-likeness (QED) is 0.571. The third-order valence-electron chi connectivity index (χ3n) is 3.79. The van der Waals surface area contributed by atoms with E-state index in [-0.39, 0.29) is 28.9 Å². The maximum atomic E-state index is 13.0. The van der Waals surface area contributed by atoms with Gasteiger partial charge in [-0.25, -0.2) is 9.59 Å². The molecule has 126 valence electrons. The van der Waals surface area contributed by atoms with Crippen molar-refractivity contribution in [3.8, 4) is 0 Å². The van der Waals surface area contributed by atoms with E-state index in [1.54, 1.807) is 55.5 Å². The molecule has 3 rings (SSSR count). The Labute approximate surface area is 143 Å². The molecule has 0 atom stereocenters. The van der Waals surface area contributed by atoms with E-state index in [1.165, 1.54) is 10.6 Å². The van der Waals surface area contributed by atoms with Gasteiger partial charge in [-0.1, -0.05) is 36.4 Å². The molecule has 6 heteroatoms. The standard InChI is InChI=1S/C19H15NO5/c1-2-25-19(24)16-15(17(21)12-8-4-3-5-9-12)14(18(22)23)13-10-6-7-11-20(13)16/h3-11H,2H2,1H3,(H,22,23). The van der Waals surface area contributed by atoms with Crippen LogP contribution >= 0.6 is 0 Å². The van der Waals surface area contributed by atoms with E-state index in [0.29, 0.717) is 5.56 Å². The van der Waals surface area contributed by atoms with Crippen LogP contribution in [0.3, 0.4) is 0 Å². The fraction of sp³-hybridized carbons (Fsp3) is 0.105. The average molecular weight is 337 g/mol. The molecule has 2 heterocycles. The van der Waals surface area contributed by atoms with Crippen molar-refractivity contribution < 1.29 is 24.2 Å². The molecule has 1 N–H and O–H groups in total. The molecule has 25 heavy (non-hydrogen) atoms. The number of nitrogens with zero attached hydrogens (tertiary/aromatic N) is 1. The lowest BCUT2D eigenvalue weighted by molar-refractivity contribution is 0.0515. The molecule has 1 aromatic carbocycles. The van der Waals surface area contributed by atoms with E-state index in [1.807, 2.05) is 0 Å². The summed E-state index contributed by atoms with van der Waals surface area (Å²) in [5, 5.41) is 9.67. The summed E-state index contributed by atoms with van der Waals surface area (Å²) in [6.07, 6.45) is 1.54. The summed E-state index contributed by atoms with van der Waals surface area (Å²) in [4.78, 5) is 37.3. The smallest absolute Gasteiger partial charge is 0.356 e. The number of carbonyl (C=O) groups excluding carboxylic acids is 2. The molecular formula is C19H15NO5. The van der Waals surface area contributed by atoms with Crippen LogP contribution in [0.15, 0.2) is 54.7 Å². The Hall–Kier alpha value is -3.41. The molecular weight excluding hydrogens is 322 g/mol. The third kappa shape index (κ3) is 2.78. The fourth-order valence-electron chi connectivity index (χ4n) is 2.78. The molecule has 0 radical (unpaired) electrons. The van der Waals surface area contributed by atoms with Gasteiger partial charge in [0.25, 0.3) is 0 Å². The molecule has 0 saturated heterocycles. The Morgan fingerprint density at radius 3 is 2.32 bits per heavy atom. The van der Waals surface area contributed by atoms with Crippen molar-refractivity contribution in [3.63, 3.8) is 0 Å². The number of ketones is 1. The number of rotatable bonds is 5. The molecule has 0 unspecified atom stereocenters. The Morgan fingerprint density at radius 1 is 1.00 bits per heavy atom. The number of carboxylic acids is 1. The number of pyridine rings is 1. The zero-order chi connectivity index (χ0) is 18.0. The Bertz CT molecular complexity index is 972. The van der Waals surface area contributed by atoms with Crippen molar-refractivity contribution in [2.45, 2.75) is 6.92 Å². The van der Waals surface area contributed by atoms with E-state index in [4.69, 9.17) is 4.74 Å². The highest BCUT2D eigenvalue weighted by Crippen LogP contribution is 2.27. The second-order valence-corrected chi connectivity index (χ2v) is 5.28. The molecule has 0 amide bonds. The van der Waals surface area contributed by atoms with Gasteiger partial charge in [0.15, 0.2) is 5.78 Å². The minimum Gasteiger partial charge on any atom is -0.478 e. The lowest BCUT2D eigenvalue weighted by atomic mass is 9.99. The number of benzene rings is 1. The number of aromatic nitrogens is 1. The number of carbonyl (C=O) groups is 3. The second kappa shape index (κ2) is 6.60. The highest BCUT2D eigenvalue weighted by molar-refractivity contribution is 6.21. The number of ether oxygens (including phenoxy) is 1. The van der Waals surface area contributed by atoms with Gasteiger partial charge in [-0.15, -0.1) is 0 Å². The van der Waals surface area contributed by atoms with Crippen LogP contribution in [0, 0.1) is 0 Å². The first-order valence-corrected chi connectivity index (χ1v) is 7.69. The number of esters is 1. The van der Waals surface area contributed by atoms with Gasteiger partial charge in [0.05, 0.1) is 23.3 Å². The van der Waals surface area contributed by atoms with Crippen LogP contribution in [0.2, 0.25) is 0 Å². The van der Waals surface area contributed by atoms with Crippen molar-refractivity contribution in [2.75, 3.05) is 6.61 Å². The van der Waals surface area contributed by atoms with Crippen LogP contribution in [-0.4, -0.2) is 33.8 Å². The van der Waals surface area contributed by atoms with Crippen LogP contribution in [0.25, 0.3) is 5.52 Å². The van der Waals surface area contributed by atoms with Crippen molar-refractivity contribution >= 4 is 23.2 Å². The number of fused-ring (bicyclic) bond motifs is 1. The molecule has 0 spiro atoms. The molecule has 0 aliphatic heterocycles. The van der Waals surface area contributed by atoms with Gasteiger partial charge < -0.3 is 14.2 Å². The van der Waals surface area contributed by atoms with Crippen LogP contribution in [0.4, 0.5) is 0 Å². The van der Waals surface area contributed by atoms with E-state index >= 15 is 0 Å². The number of hydrogen-bond donors (Lipinski definition) is 1. The molecule has 0 aliphatic carbocycles. The summed E-state index contributed by atoms with van der Waals surface area (Å²) in [6, 6.07) is 13.1. The molecule has 3 aromatic rings. The van der Waals surface area contributed by atoms with Crippen molar-refractivity contribution in [3.05, 3.63) is 77.1 Å². The SMILES string of the molecule is CCOC(=O)c1c(C(=O)c2ccccc2)c(C(=O)O)c2ccccn12. The summed E-state index contributed by atoms with van der Waals surface area (Å²) in [6.45, 7) is 1.75. The number of aromatic carboxylic acids is 1. The lowest BCUT2D eigenvalue weighted by Gasteiger charge is -2.06. The Balaban J connectivity index is 2.37. The highest BCUT2D eigenvalue weighted by Gasteiger charge is 2.32. The zero-order valence-corrected chi connectivity index (χ0v) is 13.4. The minimum absolute atomic E-state index is 0.0799. The summed E-state index contributed by atoms with van der Waals surface area (Å²) in [5.74, 6) is -2.56. The van der Waals surface area contributed by atoms with Gasteiger partial charge in [0.1, 0.15) is 5.69 Å². The zero-order valence-electron chi connectivity index (χ0n) is 13.4. The first-order valence-electron chi connectivity index (χ1n) is 7.69. The van der Waals surface area contributed by atoms with Gasteiger partial charge in [-0.3, -0.25) is 4.79 Å². The van der Waals surface area contributed by atoms with Gasteiger partial charge in [-0.05, 0) is 19.1 Å². The highest BCUT2D eigenvalue weighted by atomic mass is 16.5. The van der Waals surface area contributed by atoms with Gasteiger partial charge in [-0.2, -0.15) is 0 Å². The van der Waals surface area contributed by atoms with Crippen molar-refractivity contribution in [2.24, 2.45) is 0 Å². The molecule has 0 saturated carbocycles. The van der Waals surface area contributed by atoms with E-state index in [0.717, 1.165) is 0 Å². The fourth-order valence-corrected chi connectivity index (χ4v) is 2.78. The predicted octanol–water partition coefficient (Wildman–Crippen LogP) is 3.05. The van der Waals surface area contributed by atoms with Crippen molar-refractivity contribution in [1.82, 2.24) is 4.40 Å². The molecule has 0 bridgehead atoms. The normalized spacial score (nSPS) is 10.6. The van der Waals surface area contributed by atoms with Crippen LogP contribution in [0.1, 0.15) is 43.7 Å². The predicted molar refractivity (Wildman–Crippen MR) is 90.2 cm³/mol. The second-order valence-electron chi connectivity index (χ2n) is 5.28. The number of hydrogen-bond acceptors (Lipinski definition) is 4. The molecule has 6 nitrogen and oxygen atoms in total. The Morgan fingerprint density at radius 2 is 1.68 bits per heavy atom. The maximum absolute atomic E-state index is 13.0. The van der Waals surface area contributed by atoms with E-state index in [9.17, 15) is 19.5 Å². The molecule has 0 aliphatic rings. The summed E-state index contributed by atoms with van der Waals surface area (Å²) in [5.41, 5.74) is 0.105. The largest absolute Gasteiger partial charge is 0.478 e. The maximum Gasteiger partial charge on any atom is 0.356 e. The molecule has 0 fully saturated rings. The van der Waals surface area contributed by atoms with Gasteiger partial charge >= 0.3 is 11.9 Å². The number of carboxylic acid groups (broad SMARTS) is 1. The van der Waals surface area contributed by atoms with Crippen LogP contribution in [0.5, 0.6) is 0 Å². The monoisotopic (exact) mass is 337 g/mol. The van der Waals surface area contributed by atoms with Crippen LogP contribution < -0.4 is 0 Å². The van der Waals surface area contributed by atoms with Gasteiger partial charge in [0.2, 0.25) is 0 Å². The Kier molecular flexibility index (Phi) is 4.35. The van der Waals surface area contributed by atoms with E-state index < -0.39 is 17.7 Å². The summed E-state index contributed by atoms with van der Waals surface area (Å²) in [7, 11) is 0. The molecule has 2 aromatic heterocycles.